The smallest absolute Gasteiger partial charge is 0.340 e. The zero-order valence-electron chi connectivity index (χ0n) is 26.5. The van der Waals surface area contributed by atoms with Gasteiger partial charge in [0.05, 0.1) is 28.3 Å². The van der Waals surface area contributed by atoms with Gasteiger partial charge in [-0.25, -0.2) is 0 Å². The van der Waals surface area contributed by atoms with Crippen molar-refractivity contribution in [2.24, 2.45) is 5.92 Å². The fourth-order valence-electron chi connectivity index (χ4n) is 5.76. The Morgan fingerprint density at radius 3 is 1.62 bits per heavy atom. The Morgan fingerprint density at radius 2 is 1.13 bits per heavy atom. The van der Waals surface area contributed by atoms with Crippen LogP contribution >= 0.6 is 23.5 Å². The number of hydrogen-bond donors (Lipinski definition) is 0. The summed E-state index contributed by atoms with van der Waals surface area (Å²) < 4.78 is 39.3. The van der Waals surface area contributed by atoms with Crippen LogP contribution in [0.5, 0.6) is 0 Å². The summed E-state index contributed by atoms with van der Waals surface area (Å²) in [5.41, 5.74) is 3.71. The molecule has 6 rings (SSSR count). The predicted octanol–water partition coefficient (Wildman–Crippen LogP) is 9.75. The molecule has 2 aliphatic rings. The third-order valence-corrected chi connectivity index (χ3v) is 9.90. The lowest BCUT2D eigenvalue weighted by atomic mass is 10.1. The van der Waals surface area contributed by atoms with Crippen molar-refractivity contribution in [2.45, 2.75) is 39.1 Å². The van der Waals surface area contributed by atoms with Gasteiger partial charge in [0.2, 0.25) is 0 Å². The Hall–Kier alpha value is -3.11. The van der Waals surface area contributed by atoms with E-state index in [-0.39, 0.29) is 0 Å². The van der Waals surface area contributed by atoms with Crippen molar-refractivity contribution in [3.63, 3.8) is 0 Å². The summed E-state index contributed by atoms with van der Waals surface area (Å²) in [6, 6.07) is 29.3. The first-order valence-corrected chi connectivity index (χ1v) is 16.8. The zero-order valence-corrected chi connectivity index (χ0v) is 28.1. The van der Waals surface area contributed by atoms with E-state index in [1.54, 1.807) is 6.07 Å². The Bertz CT molecular complexity index is 1550. The highest BCUT2D eigenvalue weighted by Crippen LogP contribution is 2.50. The van der Waals surface area contributed by atoms with Crippen molar-refractivity contribution in [1.82, 2.24) is 9.80 Å². The first kappa shape index (κ1) is 33.3. The van der Waals surface area contributed by atoms with Gasteiger partial charge in [-0.2, -0.15) is 13.2 Å². The molecule has 0 amide bonds. The lowest BCUT2D eigenvalue weighted by Crippen LogP contribution is -2.31. The number of para-hydroxylation sites is 3. The van der Waals surface area contributed by atoms with E-state index in [0.717, 1.165) is 47.6 Å². The molecular weight excluding hydrogens is 610 g/mol. The fraction of sp³-hybridized carbons (Fsp3) is 0.333. The molecule has 4 nitrogen and oxygen atoms in total. The number of nitrogens with zero attached hydrogens (tertiary/aromatic N) is 4. The minimum Gasteiger partial charge on any atom is -0.340 e. The van der Waals surface area contributed by atoms with E-state index in [2.05, 4.69) is 84.2 Å². The van der Waals surface area contributed by atoms with Crippen molar-refractivity contribution in [1.29, 1.82) is 0 Å². The molecule has 1 atom stereocenters. The number of rotatable bonds is 8. The Balaban J connectivity index is 0.000000179. The summed E-state index contributed by atoms with van der Waals surface area (Å²) in [7, 11) is 8.28. The molecule has 0 N–H and O–H groups in total. The Labute approximate surface area is 274 Å². The van der Waals surface area contributed by atoms with Crippen LogP contribution in [0.1, 0.15) is 18.9 Å². The van der Waals surface area contributed by atoms with Crippen molar-refractivity contribution in [2.75, 3.05) is 64.2 Å². The number of hydrogen-bond acceptors (Lipinski definition) is 6. The van der Waals surface area contributed by atoms with Crippen LogP contribution in [0.25, 0.3) is 0 Å². The third-order valence-electron chi connectivity index (χ3n) is 7.64. The molecule has 238 valence electrons. The second-order valence-corrected chi connectivity index (χ2v) is 14.2. The molecule has 0 saturated carbocycles. The molecule has 9 heteroatoms. The van der Waals surface area contributed by atoms with E-state index in [9.17, 15) is 13.2 Å². The molecule has 45 heavy (non-hydrogen) atoms. The number of benzene rings is 4. The molecule has 4 aromatic carbocycles. The quantitative estimate of drug-likeness (QED) is 0.187. The average molecular weight is 651 g/mol. The van der Waals surface area contributed by atoms with Crippen molar-refractivity contribution in [3.8, 4) is 0 Å². The Kier molecular flexibility index (Phi) is 10.7. The van der Waals surface area contributed by atoms with Gasteiger partial charge in [-0.3, -0.25) is 0 Å². The summed E-state index contributed by atoms with van der Waals surface area (Å²) in [5, 5.41) is 0. The second kappa shape index (κ2) is 14.5. The van der Waals surface area contributed by atoms with E-state index >= 15 is 0 Å². The standard InChI is InChI=1S/C18H19F3N2S.C18H22N2S/c1-22(2)10-5-11-23-14-6-3-4-7-16(14)24-17-9-8-13(12-15(17)23)18(19,20)21;1-14(12-19(2)3)13-20-15-8-4-6-10-17(15)21-18-11-7-5-9-16(18)20/h3-4,6-9,12H,5,10-11H2,1-2H3;4-11,14H,12-13H2,1-3H3. The molecule has 0 bridgehead atoms. The maximum atomic E-state index is 13.1. The van der Waals surface area contributed by atoms with Crippen molar-refractivity contribution >= 4 is 46.3 Å². The molecule has 0 aliphatic carbocycles. The maximum absolute atomic E-state index is 13.1. The van der Waals surface area contributed by atoms with Crippen LogP contribution < -0.4 is 9.80 Å². The van der Waals surface area contributed by atoms with E-state index in [1.165, 1.54) is 39.0 Å². The lowest BCUT2D eigenvalue weighted by molar-refractivity contribution is -0.137. The van der Waals surface area contributed by atoms with Crippen LogP contribution in [0.4, 0.5) is 35.9 Å². The molecule has 0 spiro atoms. The van der Waals surface area contributed by atoms with Gasteiger partial charge < -0.3 is 19.6 Å². The minimum absolute atomic E-state index is 0.598. The minimum atomic E-state index is -4.33. The topological polar surface area (TPSA) is 13.0 Å². The van der Waals surface area contributed by atoms with Crippen LogP contribution in [-0.2, 0) is 6.18 Å². The SMILES string of the molecule is CC(CN(C)C)CN1c2ccccc2Sc2ccccc21.CN(C)CCCN1c2ccccc2Sc2ccc(C(F)(F)F)cc21. The van der Waals surface area contributed by atoms with Gasteiger partial charge in [-0.1, -0.05) is 66.8 Å². The molecule has 0 saturated heterocycles. The molecular formula is C36H41F3N4S2. The van der Waals surface area contributed by atoms with Crippen LogP contribution in [0.15, 0.2) is 111 Å². The van der Waals surface area contributed by atoms with Gasteiger partial charge in [0.1, 0.15) is 0 Å². The molecule has 0 aromatic heterocycles. The van der Waals surface area contributed by atoms with Crippen LogP contribution in [-0.4, -0.2) is 64.2 Å². The second-order valence-electron chi connectivity index (χ2n) is 12.1. The monoisotopic (exact) mass is 650 g/mol. The van der Waals surface area contributed by atoms with Gasteiger partial charge in [0.15, 0.2) is 0 Å². The van der Waals surface area contributed by atoms with Gasteiger partial charge in [0, 0.05) is 39.2 Å². The first-order valence-electron chi connectivity index (χ1n) is 15.2. The highest BCUT2D eigenvalue weighted by atomic mass is 32.2. The number of halogens is 3. The summed E-state index contributed by atoms with van der Waals surface area (Å²) in [6.45, 7) is 6.05. The summed E-state index contributed by atoms with van der Waals surface area (Å²) in [4.78, 5) is 13.5. The molecule has 2 aliphatic heterocycles. The van der Waals surface area contributed by atoms with Crippen LogP contribution in [0.2, 0.25) is 0 Å². The van der Waals surface area contributed by atoms with E-state index in [1.807, 2.05) is 55.0 Å². The van der Waals surface area contributed by atoms with Gasteiger partial charge in [0.25, 0.3) is 0 Å². The van der Waals surface area contributed by atoms with Crippen molar-refractivity contribution in [3.05, 3.63) is 96.6 Å². The van der Waals surface area contributed by atoms with Crippen LogP contribution in [0.3, 0.4) is 0 Å². The number of anilines is 4. The lowest BCUT2D eigenvalue weighted by Gasteiger charge is -2.35. The first-order chi connectivity index (χ1) is 21.5. The van der Waals surface area contributed by atoms with Crippen molar-refractivity contribution < 1.29 is 13.2 Å². The summed E-state index contributed by atoms with van der Waals surface area (Å²) in [6.07, 6.45) is -3.45. The van der Waals surface area contributed by atoms with Gasteiger partial charge >= 0.3 is 6.18 Å². The Morgan fingerprint density at radius 1 is 0.644 bits per heavy atom. The molecule has 0 fully saturated rings. The molecule has 1 unspecified atom stereocenters. The highest BCUT2D eigenvalue weighted by molar-refractivity contribution is 8.00. The third kappa shape index (κ3) is 8.19. The fourth-order valence-corrected chi connectivity index (χ4v) is 7.93. The normalized spacial score (nSPS) is 14.3. The summed E-state index contributed by atoms with van der Waals surface area (Å²) >= 11 is 3.40. The molecule has 2 heterocycles. The zero-order chi connectivity index (χ0) is 32.1. The highest BCUT2D eigenvalue weighted by Gasteiger charge is 2.33. The van der Waals surface area contributed by atoms with Gasteiger partial charge in [-0.15, -0.1) is 0 Å². The van der Waals surface area contributed by atoms with E-state index in [4.69, 9.17) is 0 Å². The number of alkyl halides is 3. The largest absolute Gasteiger partial charge is 0.416 e. The van der Waals surface area contributed by atoms with E-state index in [0.29, 0.717) is 18.2 Å². The molecule has 4 aromatic rings. The maximum Gasteiger partial charge on any atom is 0.416 e. The van der Waals surface area contributed by atoms with Crippen LogP contribution in [0, 0.1) is 5.92 Å². The van der Waals surface area contributed by atoms with E-state index < -0.39 is 11.7 Å². The number of fused-ring (bicyclic) bond motifs is 4. The summed E-state index contributed by atoms with van der Waals surface area (Å²) in [5.74, 6) is 0.615. The predicted molar refractivity (Wildman–Crippen MR) is 184 cm³/mol. The van der Waals surface area contributed by atoms with Gasteiger partial charge in [-0.05, 0) is 102 Å². The molecule has 0 radical (unpaired) electrons. The average Bonchev–Trinajstić information content (AvgIpc) is 2.99.